The zero-order valence-corrected chi connectivity index (χ0v) is 19.5. The van der Waals surface area contributed by atoms with Crippen molar-refractivity contribution in [1.29, 1.82) is 0 Å². The second-order valence-corrected chi connectivity index (χ2v) is 8.20. The Balaban J connectivity index is 0.000000301. The molecule has 0 radical (unpaired) electrons. The number of rotatable bonds is 5. The Morgan fingerprint density at radius 2 is 1.61 bits per heavy atom. The molecule has 2 aliphatic heterocycles. The van der Waals surface area contributed by atoms with E-state index in [0.717, 1.165) is 19.6 Å². The maximum absolute atomic E-state index is 13.7. The van der Waals surface area contributed by atoms with Gasteiger partial charge in [0.1, 0.15) is 0 Å². The summed E-state index contributed by atoms with van der Waals surface area (Å²) in [4.78, 5) is 24.4. The molecule has 15 heteroatoms. The van der Waals surface area contributed by atoms with Crippen LogP contribution >= 0.6 is 0 Å². The van der Waals surface area contributed by atoms with E-state index in [1.165, 1.54) is 11.6 Å². The lowest BCUT2D eigenvalue weighted by Gasteiger charge is -2.20. The Kier molecular flexibility index (Phi) is 10.8. The summed E-state index contributed by atoms with van der Waals surface area (Å²) in [6.45, 7) is 4.03. The van der Waals surface area contributed by atoms with Gasteiger partial charge < -0.3 is 19.7 Å². The minimum absolute atomic E-state index is 0.260. The second-order valence-electron chi connectivity index (χ2n) is 8.20. The van der Waals surface area contributed by atoms with Crippen LogP contribution in [0.1, 0.15) is 5.56 Å². The number of para-hydroxylation sites is 1. The van der Waals surface area contributed by atoms with Gasteiger partial charge in [-0.25, -0.2) is 14.0 Å². The zero-order valence-electron chi connectivity index (χ0n) is 19.5. The lowest BCUT2D eigenvalue weighted by atomic mass is 9.94. The third-order valence-electron chi connectivity index (χ3n) is 5.42. The van der Waals surface area contributed by atoms with Crippen molar-refractivity contribution in [2.24, 2.45) is 11.8 Å². The van der Waals surface area contributed by atoms with Crippen LogP contribution in [0, 0.1) is 17.7 Å². The van der Waals surface area contributed by atoms with E-state index in [4.69, 9.17) is 29.3 Å². The molecule has 3 atom stereocenters. The third-order valence-corrected chi connectivity index (χ3v) is 5.42. The number of nitrogens with zero attached hydrogens (tertiary/aromatic N) is 2. The molecule has 4 rings (SSSR count). The van der Waals surface area contributed by atoms with Gasteiger partial charge >= 0.3 is 24.3 Å². The topological polar surface area (TPSA) is 109 Å². The van der Waals surface area contributed by atoms with Gasteiger partial charge in [-0.05, 0) is 23.8 Å². The van der Waals surface area contributed by atoms with E-state index in [1.54, 1.807) is 24.4 Å². The first-order valence-corrected chi connectivity index (χ1v) is 10.9. The lowest BCUT2D eigenvalue weighted by Crippen LogP contribution is -2.26. The number of aliphatic carboxylic acids is 2. The summed E-state index contributed by atoms with van der Waals surface area (Å²) in [6.07, 6.45) is -6.20. The number of aromatic nitrogens is 1. The maximum atomic E-state index is 13.7. The van der Waals surface area contributed by atoms with Crippen molar-refractivity contribution in [1.82, 2.24) is 9.88 Å². The highest BCUT2D eigenvalue weighted by atomic mass is 19.4. The third kappa shape index (κ3) is 9.78. The Morgan fingerprint density at radius 3 is 2.13 bits per heavy atom. The Morgan fingerprint density at radius 1 is 1.00 bits per heavy atom. The molecule has 1 aromatic heterocycles. The van der Waals surface area contributed by atoms with E-state index in [9.17, 15) is 30.7 Å². The van der Waals surface area contributed by atoms with Crippen molar-refractivity contribution in [3.05, 3.63) is 60.2 Å². The predicted molar refractivity (Wildman–Crippen MR) is 116 cm³/mol. The summed E-state index contributed by atoms with van der Waals surface area (Å²) in [6, 6.07) is 10.6. The molecule has 2 aromatic rings. The number of alkyl halides is 6. The van der Waals surface area contributed by atoms with E-state index in [-0.39, 0.29) is 11.9 Å². The number of hydrogen-bond acceptors (Lipinski definition) is 6. The Labute approximate surface area is 211 Å². The monoisotopic (exact) mass is 556 g/mol. The van der Waals surface area contributed by atoms with Crippen molar-refractivity contribution in [3.63, 3.8) is 0 Å². The van der Waals surface area contributed by atoms with Crippen molar-refractivity contribution in [3.8, 4) is 5.75 Å². The standard InChI is InChI=1S/C19H21FN2O2.2C2HF3O2/c20-17-5-1-2-6-18(17)23-12-15-13-24-19-11-22(10-16(15)19)9-14-4-3-7-21-8-14;2*3-2(4,5)1(6)7/h1-8,15-16,19H,9-13H2;2*(H,6,7)/t15-,16-,19-;;/m1../s1. The fourth-order valence-electron chi connectivity index (χ4n) is 3.69. The van der Waals surface area contributed by atoms with Crippen LogP contribution in [-0.2, 0) is 20.9 Å². The van der Waals surface area contributed by atoms with Gasteiger partial charge in [0.25, 0.3) is 0 Å². The molecule has 0 spiro atoms. The summed E-state index contributed by atoms with van der Waals surface area (Å²) in [7, 11) is 0. The molecule has 2 N–H and O–H groups in total. The summed E-state index contributed by atoms with van der Waals surface area (Å²) in [5.41, 5.74) is 1.22. The molecule has 3 heterocycles. The molecule has 0 aliphatic carbocycles. The molecule has 0 saturated carbocycles. The highest BCUT2D eigenvalue weighted by Crippen LogP contribution is 2.34. The zero-order chi connectivity index (χ0) is 28.5. The van der Waals surface area contributed by atoms with E-state index in [1.807, 2.05) is 12.3 Å². The van der Waals surface area contributed by atoms with Gasteiger partial charge in [0.05, 0.1) is 19.3 Å². The van der Waals surface area contributed by atoms with Gasteiger partial charge in [0.2, 0.25) is 0 Å². The highest BCUT2D eigenvalue weighted by molar-refractivity contribution is 5.73. The number of carbonyl (C=O) groups is 2. The van der Waals surface area contributed by atoms with Gasteiger partial charge in [0.15, 0.2) is 11.6 Å². The van der Waals surface area contributed by atoms with Crippen LogP contribution in [-0.4, -0.2) is 76.8 Å². The van der Waals surface area contributed by atoms with E-state index < -0.39 is 24.3 Å². The number of benzene rings is 1. The minimum Gasteiger partial charge on any atom is -0.490 e. The molecule has 2 saturated heterocycles. The Bertz CT molecular complexity index is 1030. The smallest absolute Gasteiger partial charge is 0.490 e. The number of hydrogen-bond donors (Lipinski definition) is 2. The van der Waals surface area contributed by atoms with Crippen LogP contribution in [0.2, 0.25) is 0 Å². The number of fused-ring (bicyclic) bond motifs is 1. The molecular weight excluding hydrogens is 533 g/mol. The number of likely N-dealkylation sites (tertiary alicyclic amines) is 1. The first kappa shape index (κ1) is 30.8. The van der Waals surface area contributed by atoms with Crippen molar-refractivity contribution in [2.75, 3.05) is 26.3 Å². The van der Waals surface area contributed by atoms with Crippen LogP contribution in [0.25, 0.3) is 0 Å². The van der Waals surface area contributed by atoms with E-state index in [2.05, 4.69) is 16.0 Å². The number of halogens is 7. The second kappa shape index (κ2) is 13.4. The minimum atomic E-state index is -5.08. The van der Waals surface area contributed by atoms with Crippen LogP contribution in [0.3, 0.4) is 0 Å². The van der Waals surface area contributed by atoms with Crippen molar-refractivity contribution >= 4 is 11.9 Å². The first-order valence-electron chi connectivity index (χ1n) is 10.9. The first-order chi connectivity index (χ1) is 17.7. The van der Waals surface area contributed by atoms with Gasteiger partial charge in [0, 0.05) is 43.9 Å². The quantitative estimate of drug-likeness (QED) is 0.532. The average Bonchev–Trinajstić information content (AvgIpc) is 3.39. The fourth-order valence-corrected chi connectivity index (χ4v) is 3.69. The summed E-state index contributed by atoms with van der Waals surface area (Å²) < 4.78 is 88.8. The SMILES string of the molecule is Fc1ccccc1OC[C@@H]1CO[C@@H]2CN(Cc3cccnc3)C[C@H]12.O=C(O)C(F)(F)F.O=C(O)C(F)(F)F. The Hall–Kier alpha value is -3.46. The summed E-state index contributed by atoms with van der Waals surface area (Å²) in [5.74, 6) is -4.73. The van der Waals surface area contributed by atoms with Crippen LogP contribution in [0.5, 0.6) is 5.75 Å². The van der Waals surface area contributed by atoms with Gasteiger partial charge in [-0.2, -0.15) is 26.3 Å². The highest BCUT2D eigenvalue weighted by Gasteiger charge is 2.44. The van der Waals surface area contributed by atoms with Crippen LogP contribution < -0.4 is 4.74 Å². The van der Waals surface area contributed by atoms with Gasteiger partial charge in [-0.15, -0.1) is 0 Å². The molecule has 210 valence electrons. The fraction of sp³-hybridized carbons (Fsp3) is 0.435. The molecule has 8 nitrogen and oxygen atoms in total. The number of carboxylic acids is 2. The number of carboxylic acid groups (broad SMARTS) is 2. The summed E-state index contributed by atoms with van der Waals surface area (Å²) in [5, 5.41) is 14.2. The number of pyridine rings is 1. The molecule has 0 unspecified atom stereocenters. The molecule has 38 heavy (non-hydrogen) atoms. The average molecular weight is 556 g/mol. The molecule has 2 fully saturated rings. The number of ether oxygens (including phenoxy) is 2. The van der Waals surface area contributed by atoms with Gasteiger partial charge in [-0.1, -0.05) is 18.2 Å². The predicted octanol–water partition coefficient (Wildman–Crippen LogP) is 4.01. The van der Waals surface area contributed by atoms with E-state index in [0.29, 0.717) is 30.8 Å². The molecular formula is C23H23F7N2O6. The summed E-state index contributed by atoms with van der Waals surface area (Å²) >= 11 is 0. The van der Waals surface area contributed by atoms with Crippen LogP contribution in [0.4, 0.5) is 30.7 Å². The van der Waals surface area contributed by atoms with Crippen LogP contribution in [0.15, 0.2) is 48.8 Å². The van der Waals surface area contributed by atoms with E-state index >= 15 is 0 Å². The van der Waals surface area contributed by atoms with Crippen molar-refractivity contribution in [2.45, 2.75) is 25.0 Å². The largest absolute Gasteiger partial charge is 0.490 e. The molecule has 2 aliphatic rings. The lowest BCUT2D eigenvalue weighted by molar-refractivity contribution is -0.193. The molecule has 0 bridgehead atoms. The van der Waals surface area contributed by atoms with Crippen molar-refractivity contribution < 1.29 is 60.0 Å². The molecule has 0 amide bonds. The molecule has 1 aromatic carbocycles. The maximum Gasteiger partial charge on any atom is 0.490 e. The van der Waals surface area contributed by atoms with Gasteiger partial charge in [-0.3, -0.25) is 9.88 Å². The normalized spacial score (nSPS) is 20.9.